The Kier molecular flexibility index (Phi) is 4.60. The maximum atomic E-state index is 5.59. The highest BCUT2D eigenvalue weighted by atomic mass is 15.3. The lowest BCUT2D eigenvalue weighted by Crippen LogP contribution is -2.49. The van der Waals surface area contributed by atoms with Crippen molar-refractivity contribution < 1.29 is 0 Å². The van der Waals surface area contributed by atoms with Crippen LogP contribution in [0.2, 0.25) is 0 Å². The Balaban J connectivity index is 1.63. The minimum Gasteiger partial charge on any atom is -0.382 e. The number of aryl methyl sites for hydroxylation is 1. The van der Waals surface area contributed by atoms with Gasteiger partial charge in [0.15, 0.2) is 0 Å². The van der Waals surface area contributed by atoms with E-state index in [1.807, 2.05) is 16.9 Å². The van der Waals surface area contributed by atoms with Gasteiger partial charge in [0.05, 0.1) is 0 Å². The third-order valence-corrected chi connectivity index (χ3v) is 3.66. The molecular formula is C13H25N5. The smallest absolute Gasteiger partial charge is 0.145 e. The number of hydrogen-bond acceptors (Lipinski definition) is 4. The summed E-state index contributed by atoms with van der Waals surface area (Å²) < 4.78 is 1.93. The minimum atomic E-state index is 0.612. The van der Waals surface area contributed by atoms with Crippen LogP contribution in [0.15, 0.2) is 12.3 Å². The van der Waals surface area contributed by atoms with Crippen LogP contribution in [0.5, 0.6) is 0 Å². The van der Waals surface area contributed by atoms with E-state index in [2.05, 4.69) is 28.7 Å². The molecule has 2 heterocycles. The second-order valence-corrected chi connectivity index (χ2v) is 5.33. The predicted octanol–water partition coefficient (Wildman–Crippen LogP) is 0.881. The quantitative estimate of drug-likeness (QED) is 0.844. The molecule has 2 N–H and O–H groups in total. The normalized spacial score (nSPS) is 18.6. The van der Waals surface area contributed by atoms with Crippen LogP contribution >= 0.6 is 0 Å². The predicted molar refractivity (Wildman–Crippen MR) is 74.4 cm³/mol. The Morgan fingerprint density at radius 3 is 2.50 bits per heavy atom. The van der Waals surface area contributed by atoms with Crippen LogP contribution in [-0.4, -0.2) is 58.3 Å². The largest absolute Gasteiger partial charge is 0.382 e. The van der Waals surface area contributed by atoms with E-state index in [4.69, 9.17) is 5.73 Å². The van der Waals surface area contributed by atoms with Gasteiger partial charge in [-0.1, -0.05) is 0 Å². The average Bonchev–Trinajstić information content (AvgIpc) is 2.76. The standard InChI is InChI=1S/C13H25N5/c1-12(2)17-10-8-16(9-11-17)5-3-6-18-7-4-13(14)15-18/h4,7,12H,3,5-6,8-11H2,1-2H3,(H2,14,15). The molecular weight excluding hydrogens is 226 g/mol. The molecule has 102 valence electrons. The lowest BCUT2D eigenvalue weighted by molar-refractivity contribution is 0.107. The van der Waals surface area contributed by atoms with Gasteiger partial charge in [0.2, 0.25) is 0 Å². The molecule has 0 radical (unpaired) electrons. The molecule has 0 saturated carbocycles. The van der Waals surface area contributed by atoms with E-state index in [0.717, 1.165) is 19.5 Å². The van der Waals surface area contributed by atoms with Gasteiger partial charge in [-0.05, 0) is 32.9 Å². The van der Waals surface area contributed by atoms with E-state index < -0.39 is 0 Å². The number of hydrogen-bond donors (Lipinski definition) is 1. The summed E-state index contributed by atoms with van der Waals surface area (Å²) in [6, 6.07) is 2.53. The highest BCUT2D eigenvalue weighted by molar-refractivity contribution is 5.23. The third-order valence-electron chi connectivity index (χ3n) is 3.66. The van der Waals surface area contributed by atoms with E-state index in [1.165, 1.54) is 26.2 Å². The van der Waals surface area contributed by atoms with Crippen LogP contribution < -0.4 is 5.73 Å². The maximum absolute atomic E-state index is 5.59. The summed E-state index contributed by atoms with van der Waals surface area (Å²) in [5, 5.41) is 4.20. The topological polar surface area (TPSA) is 50.3 Å². The molecule has 0 atom stereocenters. The van der Waals surface area contributed by atoms with Crippen LogP contribution in [-0.2, 0) is 6.54 Å². The first-order chi connectivity index (χ1) is 8.65. The summed E-state index contributed by atoms with van der Waals surface area (Å²) in [6.07, 6.45) is 3.09. The average molecular weight is 251 g/mol. The highest BCUT2D eigenvalue weighted by Gasteiger charge is 2.17. The van der Waals surface area contributed by atoms with Crippen LogP contribution in [0.1, 0.15) is 20.3 Å². The third kappa shape index (κ3) is 3.71. The Labute approximate surface area is 110 Å². The van der Waals surface area contributed by atoms with Crippen molar-refractivity contribution in [3.8, 4) is 0 Å². The fourth-order valence-corrected chi connectivity index (χ4v) is 2.46. The van der Waals surface area contributed by atoms with Crippen molar-refractivity contribution in [2.75, 3.05) is 38.5 Å². The zero-order valence-corrected chi connectivity index (χ0v) is 11.5. The number of aromatic nitrogens is 2. The lowest BCUT2D eigenvalue weighted by atomic mass is 10.2. The number of rotatable bonds is 5. The van der Waals surface area contributed by atoms with Crippen LogP contribution in [0.3, 0.4) is 0 Å². The van der Waals surface area contributed by atoms with E-state index in [1.54, 1.807) is 0 Å². The summed E-state index contributed by atoms with van der Waals surface area (Å²) in [6.45, 7) is 11.5. The molecule has 1 aromatic rings. The first-order valence-electron chi connectivity index (χ1n) is 6.90. The monoisotopic (exact) mass is 251 g/mol. The summed E-state index contributed by atoms with van der Waals surface area (Å²) in [7, 11) is 0. The molecule has 18 heavy (non-hydrogen) atoms. The molecule has 0 spiro atoms. The molecule has 5 nitrogen and oxygen atoms in total. The van der Waals surface area contributed by atoms with E-state index >= 15 is 0 Å². The molecule has 1 saturated heterocycles. The Bertz CT molecular complexity index is 352. The molecule has 0 unspecified atom stereocenters. The second-order valence-electron chi connectivity index (χ2n) is 5.33. The van der Waals surface area contributed by atoms with Crippen molar-refractivity contribution in [3.63, 3.8) is 0 Å². The van der Waals surface area contributed by atoms with Gasteiger partial charge in [0.25, 0.3) is 0 Å². The van der Waals surface area contributed by atoms with Gasteiger partial charge in [-0.15, -0.1) is 0 Å². The first-order valence-corrected chi connectivity index (χ1v) is 6.90. The molecule has 0 amide bonds. The van der Waals surface area contributed by atoms with Crippen molar-refractivity contribution in [1.82, 2.24) is 19.6 Å². The SMILES string of the molecule is CC(C)N1CCN(CCCn2ccc(N)n2)CC1. The Hall–Kier alpha value is -1.07. The molecule has 0 bridgehead atoms. The fraction of sp³-hybridized carbons (Fsp3) is 0.769. The van der Waals surface area contributed by atoms with Gasteiger partial charge in [0, 0.05) is 45.0 Å². The van der Waals surface area contributed by atoms with Gasteiger partial charge < -0.3 is 10.6 Å². The summed E-state index contributed by atoms with van der Waals surface area (Å²) >= 11 is 0. The van der Waals surface area contributed by atoms with Crippen LogP contribution in [0, 0.1) is 0 Å². The van der Waals surface area contributed by atoms with Gasteiger partial charge in [-0.3, -0.25) is 9.58 Å². The zero-order chi connectivity index (χ0) is 13.0. The second kappa shape index (κ2) is 6.20. The molecule has 1 aliphatic heterocycles. The van der Waals surface area contributed by atoms with Crippen molar-refractivity contribution in [2.45, 2.75) is 32.9 Å². The van der Waals surface area contributed by atoms with E-state index in [-0.39, 0.29) is 0 Å². The van der Waals surface area contributed by atoms with E-state index in [9.17, 15) is 0 Å². The van der Waals surface area contributed by atoms with Crippen LogP contribution in [0.4, 0.5) is 5.82 Å². The van der Waals surface area contributed by atoms with Crippen molar-refractivity contribution in [2.24, 2.45) is 0 Å². The molecule has 1 fully saturated rings. The highest BCUT2D eigenvalue weighted by Crippen LogP contribution is 2.06. The number of piperazine rings is 1. The van der Waals surface area contributed by atoms with Gasteiger partial charge in [-0.2, -0.15) is 5.10 Å². The van der Waals surface area contributed by atoms with Gasteiger partial charge in [-0.25, -0.2) is 0 Å². The van der Waals surface area contributed by atoms with Crippen molar-refractivity contribution in [3.05, 3.63) is 12.3 Å². The number of nitrogens with two attached hydrogens (primary N) is 1. The summed E-state index contributed by atoms with van der Waals surface area (Å²) in [5.41, 5.74) is 5.59. The van der Waals surface area contributed by atoms with Crippen LogP contribution in [0.25, 0.3) is 0 Å². The number of anilines is 1. The Morgan fingerprint density at radius 2 is 1.94 bits per heavy atom. The first kappa shape index (κ1) is 13.4. The van der Waals surface area contributed by atoms with Gasteiger partial charge >= 0.3 is 0 Å². The fourth-order valence-electron chi connectivity index (χ4n) is 2.46. The maximum Gasteiger partial charge on any atom is 0.145 e. The summed E-state index contributed by atoms with van der Waals surface area (Å²) in [5.74, 6) is 0.612. The minimum absolute atomic E-state index is 0.612. The Morgan fingerprint density at radius 1 is 1.22 bits per heavy atom. The zero-order valence-electron chi connectivity index (χ0n) is 11.5. The lowest BCUT2D eigenvalue weighted by Gasteiger charge is -2.36. The molecule has 0 aromatic carbocycles. The van der Waals surface area contributed by atoms with E-state index in [0.29, 0.717) is 11.9 Å². The van der Waals surface area contributed by atoms with Gasteiger partial charge in [0.1, 0.15) is 5.82 Å². The number of nitrogens with zero attached hydrogens (tertiary/aromatic N) is 4. The van der Waals surface area contributed by atoms with Crippen molar-refractivity contribution in [1.29, 1.82) is 0 Å². The number of nitrogen functional groups attached to an aromatic ring is 1. The molecule has 5 heteroatoms. The molecule has 1 aliphatic rings. The molecule has 1 aromatic heterocycles. The molecule has 0 aliphatic carbocycles. The summed E-state index contributed by atoms with van der Waals surface area (Å²) in [4.78, 5) is 5.09. The molecule has 2 rings (SSSR count). The van der Waals surface area contributed by atoms with Crippen molar-refractivity contribution >= 4 is 5.82 Å².